The number of benzene rings is 2. The van der Waals surface area contributed by atoms with Gasteiger partial charge in [-0.05, 0) is 74.2 Å². The van der Waals surface area contributed by atoms with E-state index in [0.29, 0.717) is 17.2 Å². The quantitative estimate of drug-likeness (QED) is 0.457. The zero-order valence-electron chi connectivity index (χ0n) is 17.6. The minimum atomic E-state index is -0.345. The first kappa shape index (κ1) is 21.6. The lowest BCUT2D eigenvalue weighted by atomic mass is 10.0. The van der Waals surface area contributed by atoms with Gasteiger partial charge >= 0.3 is 0 Å². The van der Waals surface area contributed by atoms with Crippen LogP contribution in [0.1, 0.15) is 37.3 Å². The van der Waals surface area contributed by atoms with Crippen molar-refractivity contribution in [1.82, 2.24) is 5.43 Å². The number of likely N-dealkylation sites (tertiary alicyclic amines) is 1. The van der Waals surface area contributed by atoms with Crippen LogP contribution in [0.3, 0.4) is 0 Å². The SMILES string of the molecule is COc1ccc(OCC(=O)N/N=C(\C)c2ccc(O)c(C[NH+]3CCCCC3)c2)cc1. The molecule has 2 aromatic carbocycles. The fraction of sp³-hybridized carbons (Fsp3) is 0.391. The topological polar surface area (TPSA) is 84.6 Å². The summed E-state index contributed by atoms with van der Waals surface area (Å²) in [5.74, 6) is 1.26. The molecule has 0 bridgehead atoms. The number of carbonyl (C=O) groups is 1. The number of hydrazone groups is 1. The van der Waals surface area contributed by atoms with Crippen molar-refractivity contribution in [2.75, 3.05) is 26.8 Å². The third-order valence-electron chi connectivity index (χ3n) is 5.28. The zero-order chi connectivity index (χ0) is 21.3. The van der Waals surface area contributed by atoms with Crippen LogP contribution in [0, 0.1) is 0 Å². The van der Waals surface area contributed by atoms with E-state index in [9.17, 15) is 9.90 Å². The summed E-state index contributed by atoms with van der Waals surface area (Å²) in [6.45, 7) is 4.77. The van der Waals surface area contributed by atoms with Crippen LogP contribution in [-0.4, -0.2) is 43.5 Å². The Morgan fingerprint density at radius 1 is 1.10 bits per heavy atom. The average Bonchev–Trinajstić information content (AvgIpc) is 2.78. The molecule has 0 atom stereocenters. The first-order valence-corrected chi connectivity index (χ1v) is 10.3. The Kier molecular flexibility index (Phi) is 7.68. The number of amides is 1. The van der Waals surface area contributed by atoms with Crippen LogP contribution in [0.4, 0.5) is 0 Å². The lowest BCUT2D eigenvalue weighted by molar-refractivity contribution is -0.918. The highest BCUT2D eigenvalue weighted by atomic mass is 16.5. The number of quaternary nitrogens is 1. The average molecular weight is 413 g/mol. The normalized spacial score (nSPS) is 14.9. The number of rotatable bonds is 8. The Morgan fingerprint density at radius 2 is 1.80 bits per heavy atom. The Balaban J connectivity index is 1.54. The van der Waals surface area contributed by atoms with E-state index in [4.69, 9.17) is 9.47 Å². The Bertz CT molecular complexity index is 875. The van der Waals surface area contributed by atoms with Crippen LogP contribution in [0.25, 0.3) is 0 Å². The van der Waals surface area contributed by atoms with Gasteiger partial charge in [0.15, 0.2) is 6.61 Å². The largest absolute Gasteiger partial charge is 0.507 e. The molecule has 160 valence electrons. The molecule has 3 rings (SSSR count). The third kappa shape index (κ3) is 6.22. The van der Waals surface area contributed by atoms with Crippen molar-refractivity contribution in [2.45, 2.75) is 32.7 Å². The van der Waals surface area contributed by atoms with Gasteiger partial charge in [0.05, 0.1) is 25.9 Å². The fourth-order valence-electron chi connectivity index (χ4n) is 3.51. The van der Waals surface area contributed by atoms with E-state index in [-0.39, 0.29) is 12.5 Å². The summed E-state index contributed by atoms with van der Waals surface area (Å²) in [6, 6.07) is 12.5. The summed E-state index contributed by atoms with van der Waals surface area (Å²) in [4.78, 5) is 13.5. The highest BCUT2D eigenvalue weighted by Crippen LogP contribution is 2.19. The van der Waals surface area contributed by atoms with Crippen molar-refractivity contribution >= 4 is 11.6 Å². The van der Waals surface area contributed by atoms with Crippen LogP contribution >= 0.6 is 0 Å². The molecule has 1 fully saturated rings. The number of nitrogens with one attached hydrogen (secondary N) is 2. The van der Waals surface area contributed by atoms with E-state index in [2.05, 4.69) is 10.5 Å². The maximum Gasteiger partial charge on any atom is 0.277 e. The third-order valence-corrected chi connectivity index (χ3v) is 5.28. The van der Waals surface area contributed by atoms with Gasteiger partial charge in [-0.2, -0.15) is 5.10 Å². The molecule has 30 heavy (non-hydrogen) atoms. The Hall–Kier alpha value is -3.06. The number of phenols is 1. The van der Waals surface area contributed by atoms with Gasteiger partial charge in [-0.1, -0.05) is 0 Å². The molecule has 1 heterocycles. The Morgan fingerprint density at radius 3 is 2.50 bits per heavy atom. The highest BCUT2D eigenvalue weighted by Gasteiger charge is 2.16. The fourth-order valence-corrected chi connectivity index (χ4v) is 3.51. The number of piperidine rings is 1. The molecule has 3 N–H and O–H groups in total. The molecule has 7 heteroatoms. The van der Waals surface area contributed by atoms with E-state index >= 15 is 0 Å². The van der Waals surface area contributed by atoms with Crippen molar-refractivity contribution in [1.29, 1.82) is 0 Å². The second kappa shape index (κ2) is 10.6. The van der Waals surface area contributed by atoms with E-state index in [1.54, 1.807) is 37.4 Å². The van der Waals surface area contributed by atoms with Gasteiger partial charge in [-0.3, -0.25) is 4.79 Å². The smallest absolute Gasteiger partial charge is 0.277 e. The molecular formula is C23H30N3O4+. The maximum atomic E-state index is 12.0. The second-order valence-corrected chi connectivity index (χ2v) is 7.53. The van der Waals surface area contributed by atoms with Gasteiger partial charge < -0.3 is 19.5 Å². The molecule has 0 aromatic heterocycles. The predicted octanol–water partition coefficient (Wildman–Crippen LogP) is 1.89. The van der Waals surface area contributed by atoms with Gasteiger partial charge in [0.1, 0.15) is 23.8 Å². The monoisotopic (exact) mass is 412 g/mol. The van der Waals surface area contributed by atoms with E-state index in [1.807, 2.05) is 19.1 Å². The predicted molar refractivity (Wildman–Crippen MR) is 115 cm³/mol. The maximum absolute atomic E-state index is 12.0. The summed E-state index contributed by atoms with van der Waals surface area (Å²) < 4.78 is 10.5. The first-order chi connectivity index (χ1) is 14.5. The highest BCUT2D eigenvalue weighted by molar-refractivity contribution is 5.99. The van der Waals surface area contributed by atoms with Crippen molar-refractivity contribution in [2.24, 2.45) is 5.10 Å². The minimum Gasteiger partial charge on any atom is -0.507 e. The van der Waals surface area contributed by atoms with Gasteiger partial charge in [0, 0.05) is 5.56 Å². The van der Waals surface area contributed by atoms with Crippen molar-refractivity contribution < 1.29 is 24.3 Å². The van der Waals surface area contributed by atoms with E-state index in [0.717, 1.165) is 36.5 Å². The molecule has 2 aromatic rings. The number of aromatic hydroxyl groups is 1. The van der Waals surface area contributed by atoms with Gasteiger partial charge in [0.2, 0.25) is 0 Å². The summed E-state index contributed by atoms with van der Waals surface area (Å²) in [5, 5.41) is 14.4. The van der Waals surface area contributed by atoms with E-state index in [1.165, 1.54) is 24.2 Å². The molecule has 1 aliphatic rings. The number of hydrogen-bond donors (Lipinski definition) is 3. The van der Waals surface area contributed by atoms with Crippen molar-refractivity contribution in [3.63, 3.8) is 0 Å². The standard InChI is InChI=1S/C23H29N3O4/c1-17(24-25-23(28)16-30-21-9-7-20(29-2)8-10-21)18-6-11-22(27)19(14-18)15-26-12-4-3-5-13-26/h6-11,14,27H,3-5,12-13,15-16H2,1-2H3,(H,25,28)/p+1/b24-17+. The van der Waals surface area contributed by atoms with Crippen LogP contribution in [0.5, 0.6) is 17.2 Å². The molecule has 0 aliphatic carbocycles. The number of hydrogen-bond acceptors (Lipinski definition) is 5. The lowest BCUT2D eigenvalue weighted by Crippen LogP contribution is -3.11. The summed E-state index contributed by atoms with van der Waals surface area (Å²) in [7, 11) is 1.59. The molecule has 0 spiro atoms. The number of ether oxygens (including phenoxy) is 2. The first-order valence-electron chi connectivity index (χ1n) is 10.3. The van der Waals surface area contributed by atoms with Crippen molar-refractivity contribution in [3.05, 3.63) is 53.6 Å². The molecule has 0 unspecified atom stereocenters. The molecule has 7 nitrogen and oxygen atoms in total. The summed E-state index contributed by atoms with van der Waals surface area (Å²) in [5.41, 5.74) is 4.97. The van der Waals surface area contributed by atoms with Crippen molar-refractivity contribution in [3.8, 4) is 17.2 Å². The van der Waals surface area contributed by atoms with E-state index < -0.39 is 0 Å². The molecule has 0 saturated carbocycles. The number of carbonyl (C=O) groups excluding carboxylic acids is 1. The molecule has 1 amide bonds. The second-order valence-electron chi connectivity index (χ2n) is 7.53. The number of nitrogens with zero attached hydrogens (tertiary/aromatic N) is 1. The van der Waals surface area contributed by atoms with Crippen LogP contribution in [0.2, 0.25) is 0 Å². The number of phenolic OH excluding ortho intramolecular Hbond substituents is 1. The molecule has 1 saturated heterocycles. The van der Waals surface area contributed by atoms with Crippen LogP contribution in [0.15, 0.2) is 47.6 Å². The van der Waals surface area contributed by atoms with Gasteiger partial charge in [-0.25, -0.2) is 5.43 Å². The minimum absolute atomic E-state index is 0.137. The Labute approximate surface area is 177 Å². The summed E-state index contributed by atoms with van der Waals surface area (Å²) in [6.07, 6.45) is 3.77. The zero-order valence-corrected chi connectivity index (χ0v) is 17.6. The summed E-state index contributed by atoms with van der Waals surface area (Å²) >= 11 is 0. The van der Waals surface area contributed by atoms with Gasteiger partial charge in [0.25, 0.3) is 5.91 Å². The lowest BCUT2D eigenvalue weighted by Gasteiger charge is -2.24. The van der Waals surface area contributed by atoms with Crippen LogP contribution in [-0.2, 0) is 11.3 Å². The molecular weight excluding hydrogens is 382 g/mol. The van der Waals surface area contributed by atoms with Crippen LogP contribution < -0.4 is 19.8 Å². The molecule has 1 aliphatic heterocycles. The number of methoxy groups -OCH3 is 1. The van der Waals surface area contributed by atoms with Gasteiger partial charge in [-0.15, -0.1) is 0 Å². The molecule has 0 radical (unpaired) electrons.